The molecule has 2 heterocycles. The SMILES string of the molecule is Cl.O=C(NC1CCN(c2ccccc2)C1=O)C1CSCN1. The van der Waals surface area contributed by atoms with E-state index in [4.69, 9.17) is 0 Å². The number of para-hydroxylation sites is 1. The summed E-state index contributed by atoms with van der Waals surface area (Å²) in [5, 5.41) is 5.98. The van der Waals surface area contributed by atoms with Gasteiger partial charge in [-0.05, 0) is 18.6 Å². The van der Waals surface area contributed by atoms with E-state index in [0.29, 0.717) is 13.0 Å². The van der Waals surface area contributed by atoms with Crippen LogP contribution < -0.4 is 15.5 Å². The van der Waals surface area contributed by atoms with E-state index in [1.165, 1.54) is 0 Å². The summed E-state index contributed by atoms with van der Waals surface area (Å²) in [6.07, 6.45) is 0.666. The highest BCUT2D eigenvalue weighted by molar-refractivity contribution is 7.99. The van der Waals surface area contributed by atoms with E-state index in [1.807, 2.05) is 30.3 Å². The molecule has 0 saturated carbocycles. The minimum Gasteiger partial charge on any atom is -0.343 e. The van der Waals surface area contributed by atoms with Crippen molar-refractivity contribution in [3.05, 3.63) is 30.3 Å². The molecule has 1 aromatic carbocycles. The third-order valence-corrected chi connectivity index (χ3v) is 4.56. The van der Waals surface area contributed by atoms with E-state index in [0.717, 1.165) is 17.3 Å². The smallest absolute Gasteiger partial charge is 0.249 e. The van der Waals surface area contributed by atoms with Crippen molar-refractivity contribution < 1.29 is 9.59 Å². The summed E-state index contributed by atoms with van der Waals surface area (Å²) in [5.74, 6) is 1.49. The Hall–Kier alpha value is -1.24. The normalized spacial score (nSPS) is 24.8. The third-order valence-electron chi connectivity index (χ3n) is 3.62. The van der Waals surface area contributed by atoms with Crippen molar-refractivity contribution in [2.75, 3.05) is 23.1 Å². The van der Waals surface area contributed by atoms with Crippen LogP contribution in [0.4, 0.5) is 5.69 Å². The molecular weight excluding hydrogens is 310 g/mol. The molecule has 2 amide bonds. The van der Waals surface area contributed by atoms with Gasteiger partial charge in [-0.3, -0.25) is 14.9 Å². The molecule has 114 valence electrons. The fraction of sp³-hybridized carbons (Fsp3) is 0.429. The van der Waals surface area contributed by atoms with Crippen LogP contribution in [0.25, 0.3) is 0 Å². The van der Waals surface area contributed by atoms with E-state index in [2.05, 4.69) is 10.6 Å². The second-order valence-corrected chi connectivity index (χ2v) is 5.98. The molecule has 2 N–H and O–H groups in total. The molecule has 21 heavy (non-hydrogen) atoms. The van der Waals surface area contributed by atoms with E-state index >= 15 is 0 Å². The van der Waals surface area contributed by atoms with Crippen molar-refractivity contribution in [2.45, 2.75) is 18.5 Å². The molecule has 2 saturated heterocycles. The van der Waals surface area contributed by atoms with Gasteiger partial charge >= 0.3 is 0 Å². The Kier molecular flexibility index (Phi) is 5.50. The number of thioether (sulfide) groups is 1. The number of anilines is 1. The Morgan fingerprint density at radius 2 is 2.10 bits per heavy atom. The van der Waals surface area contributed by atoms with Crippen molar-refractivity contribution in [1.29, 1.82) is 0 Å². The van der Waals surface area contributed by atoms with Crippen LogP contribution in [-0.4, -0.2) is 42.1 Å². The zero-order valence-electron chi connectivity index (χ0n) is 11.5. The molecule has 2 atom stereocenters. The van der Waals surface area contributed by atoms with Crippen molar-refractivity contribution in [3.8, 4) is 0 Å². The van der Waals surface area contributed by atoms with Crippen LogP contribution in [0.3, 0.4) is 0 Å². The molecule has 0 aromatic heterocycles. The zero-order valence-corrected chi connectivity index (χ0v) is 13.1. The Morgan fingerprint density at radius 3 is 2.76 bits per heavy atom. The lowest BCUT2D eigenvalue weighted by Crippen LogP contribution is -2.49. The number of carbonyl (C=O) groups is 2. The lowest BCUT2D eigenvalue weighted by Gasteiger charge is -2.18. The molecule has 5 nitrogen and oxygen atoms in total. The first-order chi connectivity index (χ1) is 9.75. The van der Waals surface area contributed by atoms with E-state index in [1.54, 1.807) is 16.7 Å². The highest BCUT2D eigenvalue weighted by Crippen LogP contribution is 2.21. The number of halogens is 1. The number of nitrogens with one attached hydrogen (secondary N) is 2. The van der Waals surface area contributed by atoms with Gasteiger partial charge in [0.25, 0.3) is 0 Å². The van der Waals surface area contributed by atoms with Crippen LogP contribution in [-0.2, 0) is 9.59 Å². The summed E-state index contributed by atoms with van der Waals surface area (Å²) < 4.78 is 0. The Bertz CT molecular complexity index is 508. The maximum absolute atomic E-state index is 12.3. The first kappa shape index (κ1) is 16.1. The van der Waals surface area contributed by atoms with Gasteiger partial charge in [-0.15, -0.1) is 24.2 Å². The summed E-state index contributed by atoms with van der Waals surface area (Å²) in [4.78, 5) is 26.1. The second kappa shape index (κ2) is 7.15. The average Bonchev–Trinajstić information content (AvgIpc) is 3.11. The van der Waals surface area contributed by atoms with Gasteiger partial charge in [0.1, 0.15) is 6.04 Å². The van der Waals surface area contributed by atoms with Gasteiger partial charge in [-0.1, -0.05) is 18.2 Å². The van der Waals surface area contributed by atoms with Gasteiger partial charge in [0, 0.05) is 23.9 Å². The van der Waals surface area contributed by atoms with Gasteiger partial charge in [-0.2, -0.15) is 0 Å². The highest BCUT2D eigenvalue weighted by atomic mass is 35.5. The number of hydrogen-bond donors (Lipinski definition) is 2. The van der Waals surface area contributed by atoms with E-state index < -0.39 is 6.04 Å². The van der Waals surface area contributed by atoms with Gasteiger partial charge < -0.3 is 10.2 Å². The molecule has 0 aliphatic carbocycles. The van der Waals surface area contributed by atoms with Gasteiger partial charge in [0.15, 0.2) is 0 Å². The van der Waals surface area contributed by atoms with Crippen molar-refractivity contribution in [2.24, 2.45) is 0 Å². The molecule has 1 aromatic rings. The topological polar surface area (TPSA) is 61.4 Å². The molecule has 2 fully saturated rings. The summed E-state index contributed by atoms with van der Waals surface area (Å²) in [5.41, 5.74) is 0.892. The number of rotatable bonds is 3. The molecule has 7 heteroatoms. The minimum absolute atomic E-state index is 0. The third kappa shape index (κ3) is 3.51. The number of carbonyl (C=O) groups excluding carboxylic acids is 2. The molecule has 2 aliphatic rings. The molecule has 0 radical (unpaired) electrons. The number of hydrogen-bond acceptors (Lipinski definition) is 4. The molecular formula is C14H18ClN3O2S. The van der Waals surface area contributed by atoms with Crippen LogP contribution in [0, 0.1) is 0 Å². The Balaban J connectivity index is 0.00000161. The monoisotopic (exact) mass is 327 g/mol. The van der Waals surface area contributed by atoms with Crippen LogP contribution >= 0.6 is 24.2 Å². The average molecular weight is 328 g/mol. The maximum atomic E-state index is 12.3. The van der Waals surface area contributed by atoms with Gasteiger partial charge in [-0.25, -0.2) is 0 Å². The summed E-state index contributed by atoms with van der Waals surface area (Å²) >= 11 is 1.70. The van der Waals surface area contributed by atoms with Crippen molar-refractivity contribution >= 4 is 41.7 Å². The first-order valence-electron chi connectivity index (χ1n) is 6.73. The molecule has 2 aliphatic heterocycles. The van der Waals surface area contributed by atoms with Gasteiger partial charge in [0.2, 0.25) is 11.8 Å². The van der Waals surface area contributed by atoms with Crippen molar-refractivity contribution in [1.82, 2.24) is 10.6 Å². The maximum Gasteiger partial charge on any atom is 0.249 e. The zero-order chi connectivity index (χ0) is 13.9. The largest absolute Gasteiger partial charge is 0.343 e. The second-order valence-electron chi connectivity index (χ2n) is 4.95. The predicted octanol–water partition coefficient (Wildman–Crippen LogP) is 0.992. The Morgan fingerprint density at radius 1 is 1.33 bits per heavy atom. The van der Waals surface area contributed by atoms with Crippen LogP contribution in [0.2, 0.25) is 0 Å². The molecule has 0 bridgehead atoms. The van der Waals surface area contributed by atoms with Crippen LogP contribution in [0.1, 0.15) is 6.42 Å². The quantitative estimate of drug-likeness (QED) is 0.869. The van der Waals surface area contributed by atoms with Crippen LogP contribution in [0.15, 0.2) is 30.3 Å². The number of benzene rings is 1. The minimum atomic E-state index is -0.393. The summed E-state index contributed by atoms with van der Waals surface area (Å²) in [7, 11) is 0. The first-order valence-corrected chi connectivity index (χ1v) is 7.89. The standard InChI is InChI=1S/C14H17N3O2S.ClH/c18-13(12-8-20-9-15-12)16-11-6-7-17(14(11)19)10-4-2-1-3-5-10;/h1-5,11-12,15H,6-9H2,(H,16,18);1H. The summed E-state index contributed by atoms with van der Waals surface area (Å²) in [6, 6.07) is 9.01. The molecule has 2 unspecified atom stereocenters. The van der Waals surface area contributed by atoms with Crippen LogP contribution in [0.5, 0.6) is 0 Å². The van der Waals surface area contributed by atoms with E-state index in [-0.39, 0.29) is 30.3 Å². The lowest BCUT2D eigenvalue weighted by atomic mass is 10.2. The van der Waals surface area contributed by atoms with Gasteiger partial charge in [0.05, 0.1) is 6.04 Å². The highest BCUT2D eigenvalue weighted by Gasteiger charge is 2.35. The molecule has 0 spiro atoms. The summed E-state index contributed by atoms with van der Waals surface area (Å²) in [6.45, 7) is 0.653. The number of nitrogens with zero attached hydrogens (tertiary/aromatic N) is 1. The lowest BCUT2D eigenvalue weighted by molar-refractivity contribution is -0.127. The fourth-order valence-corrected chi connectivity index (χ4v) is 3.46. The van der Waals surface area contributed by atoms with E-state index in [9.17, 15) is 9.59 Å². The van der Waals surface area contributed by atoms with Crippen molar-refractivity contribution in [3.63, 3.8) is 0 Å². The number of amides is 2. The molecule has 3 rings (SSSR count). The Labute approximate surface area is 134 Å². The fourth-order valence-electron chi connectivity index (χ4n) is 2.51. The predicted molar refractivity (Wildman–Crippen MR) is 86.8 cm³/mol.